The Morgan fingerprint density at radius 3 is 2.41 bits per heavy atom. The molecule has 5 nitrogen and oxygen atoms in total. The number of halogens is 6. The molecule has 11 heteroatoms. The normalized spacial score (nSPS) is 11.9. The van der Waals surface area contributed by atoms with Crippen molar-refractivity contribution in [3.63, 3.8) is 0 Å². The van der Waals surface area contributed by atoms with Gasteiger partial charge in [0.25, 0.3) is 0 Å². The number of nitrogens with zero attached hydrogens (tertiary/aromatic N) is 3. The van der Waals surface area contributed by atoms with Crippen molar-refractivity contribution in [2.45, 2.75) is 19.0 Å². The van der Waals surface area contributed by atoms with Crippen molar-refractivity contribution >= 4 is 0 Å². The van der Waals surface area contributed by atoms with Crippen molar-refractivity contribution in [2.24, 2.45) is 0 Å². The molecule has 0 radical (unpaired) electrons. The molecule has 29 heavy (non-hydrogen) atoms. The number of nitriles is 1. The van der Waals surface area contributed by atoms with Gasteiger partial charge in [0.2, 0.25) is 0 Å². The topological polar surface area (TPSA) is 74.6 Å². The monoisotopic (exact) mass is 412 g/mol. The third-order valence-corrected chi connectivity index (χ3v) is 3.87. The molecule has 150 valence electrons. The van der Waals surface area contributed by atoms with E-state index in [1.165, 1.54) is 12.1 Å². The van der Waals surface area contributed by atoms with Gasteiger partial charge in [-0.05, 0) is 29.8 Å². The number of rotatable bonds is 4. The van der Waals surface area contributed by atoms with Gasteiger partial charge in [0, 0.05) is 5.56 Å². The van der Waals surface area contributed by atoms with E-state index in [1.54, 1.807) is 12.1 Å². The number of aromatic amines is 1. The van der Waals surface area contributed by atoms with E-state index in [0.717, 1.165) is 0 Å². The molecule has 0 aliphatic heterocycles. The Bertz CT molecular complexity index is 1070. The van der Waals surface area contributed by atoms with Crippen LogP contribution in [0.2, 0.25) is 0 Å². The average Bonchev–Trinajstić information content (AvgIpc) is 3.14. The maximum Gasteiger partial charge on any atom is 0.419 e. The van der Waals surface area contributed by atoms with Crippen LogP contribution in [0.3, 0.4) is 0 Å². The van der Waals surface area contributed by atoms with Gasteiger partial charge in [0.15, 0.2) is 5.69 Å². The minimum absolute atomic E-state index is 0.0836. The molecule has 0 amide bonds. The van der Waals surface area contributed by atoms with Crippen molar-refractivity contribution < 1.29 is 31.1 Å². The van der Waals surface area contributed by atoms with E-state index in [0.29, 0.717) is 29.3 Å². The zero-order valence-electron chi connectivity index (χ0n) is 14.3. The van der Waals surface area contributed by atoms with Crippen LogP contribution in [0.1, 0.15) is 22.4 Å². The quantitative estimate of drug-likeness (QED) is 0.615. The lowest BCUT2D eigenvalue weighted by Gasteiger charge is -2.16. The van der Waals surface area contributed by atoms with Crippen LogP contribution < -0.4 is 4.74 Å². The zero-order chi connectivity index (χ0) is 21.2. The Morgan fingerprint density at radius 1 is 1.00 bits per heavy atom. The van der Waals surface area contributed by atoms with Gasteiger partial charge in [-0.2, -0.15) is 31.6 Å². The number of nitrogens with one attached hydrogen (secondary N) is 1. The van der Waals surface area contributed by atoms with Crippen molar-refractivity contribution in [1.82, 2.24) is 15.4 Å². The number of benzene rings is 2. The summed E-state index contributed by atoms with van der Waals surface area (Å²) in [5, 5.41) is 18.7. The van der Waals surface area contributed by atoms with Gasteiger partial charge in [-0.15, -0.1) is 5.10 Å². The predicted molar refractivity (Wildman–Crippen MR) is 87.3 cm³/mol. The van der Waals surface area contributed by atoms with Crippen LogP contribution in [0.25, 0.3) is 11.3 Å². The highest BCUT2D eigenvalue weighted by atomic mass is 19.4. The van der Waals surface area contributed by atoms with Crippen LogP contribution in [0, 0.1) is 11.3 Å². The van der Waals surface area contributed by atoms with Gasteiger partial charge in [-0.25, -0.2) is 5.10 Å². The smallest absolute Gasteiger partial charge is 0.419 e. The number of aromatic nitrogens is 3. The first kappa shape index (κ1) is 20.2. The zero-order valence-corrected chi connectivity index (χ0v) is 14.3. The summed E-state index contributed by atoms with van der Waals surface area (Å²) in [6, 6.07) is 8.99. The first-order valence-electron chi connectivity index (χ1n) is 7.91. The summed E-state index contributed by atoms with van der Waals surface area (Å²) in [5.41, 5.74) is -1.46. The summed E-state index contributed by atoms with van der Waals surface area (Å²) in [4.78, 5) is 0. The minimum Gasteiger partial charge on any atom is -0.488 e. The van der Waals surface area contributed by atoms with E-state index in [9.17, 15) is 26.3 Å². The second kappa shape index (κ2) is 7.46. The van der Waals surface area contributed by atoms with E-state index >= 15 is 0 Å². The van der Waals surface area contributed by atoms with Crippen molar-refractivity contribution in [3.8, 4) is 23.1 Å². The molecule has 0 fully saturated rings. The van der Waals surface area contributed by atoms with Crippen LogP contribution in [0.5, 0.6) is 5.75 Å². The molecular formula is C18H10F6N4O. The van der Waals surface area contributed by atoms with Crippen LogP contribution >= 0.6 is 0 Å². The van der Waals surface area contributed by atoms with Gasteiger partial charge in [-0.1, -0.05) is 23.4 Å². The Kier molecular flexibility index (Phi) is 5.19. The number of hydrogen-bond acceptors (Lipinski definition) is 4. The van der Waals surface area contributed by atoms with Crippen molar-refractivity contribution in [3.05, 3.63) is 64.8 Å². The van der Waals surface area contributed by atoms with Gasteiger partial charge in [0.05, 0.1) is 11.1 Å². The molecule has 0 aliphatic rings. The molecule has 0 unspecified atom stereocenters. The molecule has 0 saturated carbocycles. The van der Waals surface area contributed by atoms with Crippen molar-refractivity contribution in [1.29, 1.82) is 5.26 Å². The van der Waals surface area contributed by atoms with E-state index in [2.05, 4.69) is 15.4 Å². The van der Waals surface area contributed by atoms with E-state index in [4.69, 9.17) is 10.00 Å². The summed E-state index contributed by atoms with van der Waals surface area (Å²) in [6.45, 7) is -0.433. The highest BCUT2D eigenvalue weighted by molar-refractivity contribution is 5.64. The van der Waals surface area contributed by atoms with Crippen molar-refractivity contribution in [2.75, 3.05) is 0 Å². The molecule has 2 aromatic carbocycles. The van der Waals surface area contributed by atoms with E-state index in [1.807, 2.05) is 6.07 Å². The summed E-state index contributed by atoms with van der Waals surface area (Å²) in [6.07, 6.45) is -9.70. The van der Waals surface area contributed by atoms with Gasteiger partial charge >= 0.3 is 12.4 Å². The number of hydrogen-bond donors (Lipinski definition) is 1. The Labute approximate surface area is 159 Å². The molecule has 0 spiro atoms. The summed E-state index contributed by atoms with van der Waals surface area (Å²) >= 11 is 0. The lowest BCUT2D eigenvalue weighted by molar-refractivity contribution is -0.142. The van der Waals surface area contributed by atoms with Crippen LogP contribution in [0.15, 0.2) is 42.5 Å². The maximum atomic E-state index is 13.1. The highest BCUT2D eigenvalue weighted by Gasteiger charge is 2.37. The third kappa shape index (κ3) is 4.48. The fourth-order valence-corrected chi connectivity index (χ4v) is 2.53. The molecule has 0 atom stereocenters. The van der Waals surface area contributed by atoms with Crippen LogP contribution in [-0.4, -0.2) is 15.4 Å². The second-order valence-electron chi connectivity index (χ2n) is 5.84. The molecule has 0 aliphatic carbocycles. The van der Waals surface area contributed by atoms with Gasteiger partial charge in [0.1, 0.15) is 24.1 Å². The fourth-order valence-electron chi connectivity index (χ4n) is 2.53. The molecule has 0 bridgehead atoms. The minimum atomic E-state index is -4.89. The van der Waals surface area contributed by atoms with Gasteiger partial charge in [-0.3, -0.25) is 0 Å². The Morgan fingerprint density at radius 2 is 1.76 bits per heavy atom. The Hall–Kier alpha value is -3.55. The molecule has 1 N–H and O–H groups in total. The van der Waals surface area contributed by atoms with E-state index in [-0.39, 0.29) is 11.4 Å². The lowest BCUT2D eigenvalue weighted by Crippen LogP contribution is -2.12. The highest BCUT2D eigenvalue weighted by Crippen LogP contribution is 2.40. The first-order valence-corrected chi connectivity index (χ1v) is 7.91. The van der Waals surface area contributed by atoms with E-state index < -0.39 is 35.8 Å². The Balaban J connectivity index is 1.90. The number of H-pyrrole nitrogens is 1. The molecule has 3 rings (SSSR count). The fraction of sp³-hybridized carbons (Fsp3) is 0.167. The molecular weight excluding hydrogens is 402 g/mol. The second-order valence-corrected chi connectivity index (χ2v) is 5.84. The first-order chi connectivity index (χ1) is 13.6. The number of alkyl halides is 6. The molecule has 1 aromatic heterocycles. The summed E-state index contributed by atoms with van der Waals surface area (Å²) in [7, 11) is 0. The average molecular weight is 412 g/mol. The SMILES string of the molecule is N#Cc1[nH]nnc1-c1cccc(COc2cc(C(F)(F)F)ccc2C(F)(F)F)c1. The molecule has 1 heterocycles. The number of ether oxygens (including phenoxy) is 1. The summed E-state index contributed by atoms with van der Waals surface area (Å²) in [5.74, 6) is -0.933. The molecule has 3 aromatic rings. The lowest BCUT2D eigenvalue weighted by atomic mass is 10.1. The standard InChI is InChI=1S/C18H10F6N4O/c19-17(20,21)12-4-5-13(18(22,23)24)15(7-12)29-9-10-2-1-3-11(6-10)16-14(8-25)26-28-27-16/h1-7H,9H2,(H,26,27,28). The summed E-state index contributed by atoms with van der Waals surface area (Å²) < 4.78 is 83.0. The van der Waals surface area contributed by atoms with Gasteiger partial charge < -0.3 is 4.74 Å². The molecule has 0 saturated heterocycles. The maximum absolute atomic E-state index is 13.1. The third-order valence-electron chi connectivity index (χ3n) is 3.87. The van der Waals surface area contributed by atoms with Crippen LogP contribution in [0.4, 0.5) is 26.3 Å². The van der Waals surface area contributed by atoms with Crippen LogP contribution in [-0.2, 0) is 19.0 Å². The predicted octanol–water partition coefficient (Wildman–Crippen LogP) is 4.96. The largest absolute Gasteiger partial charge is 0.488 e.